The zero-order chi connectivity index (χ0) is 33.9. The average Bonchev–Trinajstić information content (AvgIpc) is 3.06. The third kappa shape index (κ3) is 7.12. The number of benzene rings is 4. The van der Waals surface area contributed by atoms with E-state index < -0.39 is 22.1 Å². The van der Waals surface area contributed by atoms with E-state index in [4.69, 9.17) is 4.74 Å². The summed E-state index contributed by atoms with van der Waals surface area (Å²) >= 11 is 0. The van der Waals surface area contributed by atoms with Crippen LogP contribution in [0.4, 0.5) is 16.2 Å². The number of nitrogens with one attached hydrogen (secondary N) is 2. The van der Waals surface area contributed by atoms with Crippen molar-refractivity contribution >= 4 is 44.1 Å². The average molecular weight is 659 g/mol. The SMILES string of the molecule is COc1ccc(S(=O)(=O)N(C)C[C@@H]2Cc3c(NC(=O)Nc4cccc5ccccc45)cccc3C(=O)N([C@@H](C)CO)C[C@H]2C)cc1C. The van der Waals surface area contributed by atoms with Gasteiger partial charge in [-0.2, -0.15) is 0 Å². The minimum absolute atomic E-state index is 0.145. The molecule has 0 bridgehead atoms. The number of amides is 3. The Morgan fingerprint density at radius 2 is 1.72 bits per heavy atom. The summed E-state index contributed by atoms with van der Waals surface area (Å²) in [5.74, 6) is -0.0314. The second-order valence-electron chi connectivity index (χ2n) is 12.3. The molecule has 0 aliphatic carbocycles. The fourth-order valence-corrected chi connectivity index (χ4v) is 7.55. The topological polar surface area (TPSA) is 128 Å². The number of anilines is 2. The molecule has 47 heavy (non-hydrogen) atoms. The summed E-state index contributed by atoms with van der Waals surface area (Å²) in [4.78, 5) is 29.1. The number of aliphatic hydroxyl groups excluding tert-OH is 1. The number of hydrogen-bond acceptors (Lipinski definition) is 6. The minimum atomic E-state index is -3.86. The summed E-state index contributed by atoms with van der Waals surface area (Å²) in [5.41, 5.74) is 2.83. The van der Waals surface area contributed by atoms with E-state index in [0.29, 0.717) is 46.8 Å². The van der Waals surface area contributed by atoms with Crippen molar-refractivity contribution in [3.63, 3.8) is 0 Å². The number of hydrogen-bond donors (Lipinski definition) is 3. The Hall–Kier alpha value is -4.45. The molecule has 5 rings (SSSR count). The standard InChI is InChI=1S/C36H42N4O6S/c1-23-18-28(16-17-34(23)46-5)47(44,45)39(4)21-27-19-31-30(35(42)40(20-24(27)2)25(3)22-41)13-9-15-33(31)38-36(43)37-32-14-8-11-26-10-6-7-12-29(26)32/h6-18,24-25,27,41H,19-22H2,1-5H3,(H2,37,38,43)/t24-,25+,27+/m1/s1. The van der Waals surface area contributed by atoms with Crippen LogP contribution in [-0.2, 0) is 16.4 Å². The van der Waals surface area contributed by atoms with Gasteiger partial charge in [-0.3, -0.25) is 4.79 Å². The molecule has 3 amide bonds. The number of carbonyl (C=O) groups is 2. The van der Waals surface area contributed by atoms with Gasteiger partial charge in [-0.15, -0.1) is 0 Å². The minimum Gasteiger partial charge on any atom is -0.496 e. The maximum Gasteiger partial charge on any atom is 0.323 e. The number of nitrogens with zero attached hydrogens (tertiary/aromatic N) is 2. The van der Waals surface area contributed by atoms with Crippen LogP contribution in [-0.4, -0.2) is 74.6 Å². The maximum atomic E-state index is 13.9. The third-order valence-electron chi connectivity index (χ3n) is 9.07. The Balaban J connectivity index is 1.48. The van der Waals surface area contributed by atoms with Gasteiger partial charge >= 0.3 is 6.03 Å². The molecular formula is C36H42N4O6S. The van der Waals surface area contributed by atoms with Crippen molar-refractivity contribution in [2.75, 3.05) is 44.5 Å². The highest BCUT2D eigenvalue weighted by molar-refractivity contribution is 7.89. The smallest absolute Gasteiger partial charge is 0.323 e. The lowest BCUT2D eigenvalue weighted by Crippen LogP contribution is -2.47. The van der Waals surface area contributed by atoms with E-state index in [1.165, 1.54) is 10.4 Å². The predicted octanol–water partition coefficient (Wildman–Crippen LogP) is 5.75. The molecule has 0 saturated carbocycles. The molecule has 0 aromatic heterocycles. The lowest BCUT2D eigenvalue weighted by molar-refractivity contribution is 0.0531. The van der Waals surface area contributed by atoms with Crippen LogP contribution in [0.2, 0.25) is 0 Å². The lowest BCUT2D eigenvalue weighted by Gasteiger charge is -2.38. The van der Waals surface area contributed by atoms with Gasteiger partial charge in [0.25, 0.3) is 5.91 Å². The summed E-state index contributed by atoms with van der Waals surface area (Å²) in [6, 6.07) is 22.4. The van der Waals surface area contributed by atoms with Crippen molar-refractivity contribution in [3.8, 4) is 5.75 Å². The number of aryl methyl sites for hydroxylation is 1. The maximum absolute atomic E-state index is 13.9. The van der Waals surface area contributed by atoms with Crippen LogP contribution >= 0.6 is 0 Å². The summed E-state index contributed by atoms with van der Waals surface area (Å²) < 4.78 is 34.1. The summed E-state index contributed by atoms with van der Waals surface area (Å²) in [5, 5.41) is 17.8. The second-order valence-corrected chi connectivity index (χ2v) is 14.3. The molecular weight excluding hydrogens is 616 g/mol. The highest BCUT2D eigenvalue weighted by atomic mass is 32.2. The number of carbonyl (C=O) groups excluding carboxylic acids is 2. The van der Waals surface area contributed by atoms with E-state index >= 15 is 0 Å². The van der Waals surface area contributed by atoms with Gasteiger partial charge < -0.3 is 25.4 Å². The van der Waals surface area contributed by atoms with Crippen LogP contribution < -0.4 is 15.4 Å². The van der Waals surface area contributed by atoms with Crippen molar-refractivity contribution in [3.05, 3.63) is 95.6 Å². The number of fused-ring (bicyclic) bond motifs is 2. The van der Waals surface area contributed by atoms with E-state index in [9.17, 15) is 23.1 Å². The predicted molar refractivity (Wildman–Crippen MR) is 185 cm³/mol. The van der Waals surface area contributed by atoms with Gasteiger partial charge in [-0.1, -0.05) is 49.4 Å². The molecule has 0 radical (unpaired) electrons. The van der Waals surface area contributed by atoms with Crippen LogP contribution in [0, 0.1) is 18.8 Å². The normalized spacial score (nSPS) is 17.5. The van der Waals surface area contributed by atoms with Gasteiger partial charge in [0.2, 0.25) is 10.0 Å². The van der Waals surface area contributed by atoms with Crippen LogP contribution in [0.3, 0.4) is 0 Å². The third-order valence-corrected chi connectivity index (χ3v) is 10.9. The molecule has 0 spiro atoms. The Labute approximate surface area is 276 Å². The largest absolute Gasteiger partial charge is 0.496 e. The molecule has 4 aromatic carbocycles. The van der Waals surface area contributed by atoms with Crippen LogP contribution in [0.25, 0.3) is 10.8 Å². The molecule has 0 fully saturated rings. The van der Waals surface area contributed by atoms with Crippen molar-refractivity contribution in [1.29, 1.82) is 0 Å². The monoisotopic (exact) mass is 658 g/mol. The molecule has 1 heterocycles. The van der Waals surface area contributed by atoms with Crippen molar-refractivity contribution in [2.24, 2.45) is 11.8 Å². The lowest BCUT2D eigenvalue weighted by atomic mass is 9.83. The first-order valence-electron chi connectivity index (χ1n) is 15.6. The Kier molecular flexibility index (Phi) is 10.2. The first-order chi connectivity index (χ1) is 22.4. The number of aliphatic hydroxyl groups is 1. The van der Waals surface area contributed by atoms with Crippen molar-refractivity contribution in [1.82, 2.24) is 9.21 Å². The van der Waals surface area contributed by atoms with Gasteiger partial charge in [0, 0.05) is 36.8 Å². The summed E-state index contributed by atoms with van der Waals surface area (Å²) in [6.07, 6.45) is 0.343. The van der Waals surface area contributed by atoms with Gasteiger partial charge in [0.15, 0.2) is 0 Å². The fraction of sp³-hybridized carbons (Fsp3) is 0.333. The molecule has 0 unspecified atom stereocenters. The molecule has 3 N–H and O–H groups in total. The number of ether oxygens (including phenoxy) is 1. The molecule has 3 atom stereocenters. The van der Waals surface area contributed by atoms with Crippen LogP contribution in [0.5, 0.6) is 5.75 Å². The van der Waals surface area contributed by atoms with E-state index in [1.54, 1.807) is 63.2 Å². The molecule has 248 valence electrons. The highest BCUT2D eigenvalue weighted by Crippen LogP contribution is 2.33. The van der Waals surface area contributed by atoms with Crippen LogP contribution in [0.15, 0.2) is 83.8 Å². The van der Waals surface area contributed by atoms with Gasteiger partial charge in [0.05, 0.1) is 30.3 Å². The summed E-state index contributed by atoms with van der Waals surface area (Å²) in [7, 11) is -0.759. The number of sulfonamides is 1. The van der Waals surface area contributed by atoms with E-state index in [1.807, 2.05) is 49.4 Å². The van der Waals surface area contributed by atoms with Crippen molar-refractivity contribution in [2.45, 2.75) is 38.1 Å². The first kappa shape index (κ1) is 33.9. The Morgan fingerprint density at radius 3 is 2.45 bits per heavy atom. The Bertz CT molecular complexity index is 1890. The van der Waals surface area contributed by atoms with E-state index in [-0.39, 0.29) is 35.8 Å². The van der Waals surface area contributed by atoms with Gasteiger partial charge in [-0.05, 0) is 85.0 Å². The molecule has 0 saturated heterocycles. The van der Waals surface area contributed by atoms with E-state index in [2.05, 4.69) is 10.6 Å². The number of urea groups is 1. The Morgan fingerprint density at radius 1 is 1.04 bits per heavy atom. The molecule has 10 nitrogen and oxygen atoms in total. The molecule has 11 heteroatoms. The molecule has 1 aliphatic heterocycles. The summed E-state index contributed by atoms with van der Waals surface area (Å²) in [6.45, 7) is 5.84. The van der Waals surface area contributed by atoms with Crippen LogP contribution in [0.1, 0.15) is 35.3 Å². The second kappa shape index (κ2) is 14.1. The molecule has 1 aliphatic rings. The quantitative estimate of drug-likeness (QED) is 0.210. The fourth-order valence-electron chi connectivity index (χ4n) is 6.24. The van der Waals surface area contributed by atoms with E-state index in [0.717, 1.165) is 10.8 Å². The first-order valence-corrected chi connectivity index (χ1v) is 17.1. The number of methoxy groups -OCH3 is 1. The zero-order valence-corrected chi connectivity index (χ0v) is 28.2. The van der Waals surface area contributed by atoms with Crippen molar-refractivity contribution < 1.29 is 27.9 Å². The molecule has 4 aromatic rings. The zero-order valence-electron chi connectivity index (χ0n) is 27.4. The highest BCUT2D eigenvalue weighted by Gasteiger charge is 2.35. The van der Waals surface area contributed by atoms with Gasteiger partial charge in [-0.25, -0.2) is 17.5 Å². The van der Waals surface area contributed by atoms with Gasteiger partial charge in [0.1, 0.15) is 5.75 Å². The number of rotatable bonds is 9.